The van der Waals surface area contributed by atoms with Crippen LogP contribution in [0.15, 0.2) is 24.3 Å². The number of aliphatic hydroxyl groups is 1. The van der Waals surface area contributed by atoms with Crippen molar-refractivity contribution >= 4 is 18.4 Å². The smallest absolute Gasteiger partial charge is 0.259 e. The minimum Gasteiger partial charge on any atom is -0.382 e. The van der Waals surface area contributed by atoms with Gasteiger partial charge in [-0.15, -0.1) is 0 Å². The lowest BCUT2D eigenvalue weighted by Gasteiger charge is -2.27. The first kappa shape index (κ1) is 19.2. The minimum atomic E-state index is -3.29. The molecule has 1 N–H and O–H groups in total. The van der Waals surface area contributed by atoms with E-state index in [4.69, 9.17) is 4.52 Å². The van der Waals surface area contributed by atoms with E-state index >= 15 is 0 Å². The Hall–Kier alpha value is -0.830. The molecule has 5 heteroatoms. The maximum Gasteiger partial charge on any atom is 0.259 e. The fraction of sp³-hybridized carbons (Fsp3) is 0.647. The largest absolute Gasteiger partial charge is 0.382 e. The minimum absolute atomic E-state index is 0.126. The van der Waals surface area contributed by atoms with Crippen LogP contribution in [0.5, 0.6) is 0 Å². The summed E-state index contributed by atoms with van der Waals surface area (Å²) in [5.74, 6) is -0.635. The highest BCUT2D eigenvalue weighted by Gasteiger charge is 2.37. The van der Waals surface area contributed by atoms with Crippen LogP contribution in [0.2, 0.25) is 0 Å². The number of nitrogens with zero attached hydrogens (tertiary/aromatic N) is 1. The molecule has 0 aliphatic heterocycles. The number of anilines is 1. The van der Waals surface area contributed by atoms with Crippen LogP contribution in [0.3, 0.4) is 0 Å². The van der Waals surface area contributed by atoms with Crippen LogP contribution < -0.4 is 10.2 Å². The van der Waals surface area contributed by atoms with E-state index in [0.717, 1.165) is 12.1 Å². The van der Waals surface area contributed by atoms with Crippen LogP contribution in [0, 0.1) is 11.8 Å². The van der Waals surface area contributed by atoms with E-state index in [1.165, 1.54) is 0 Å². The molecule has 0 spiro atoms. The predicted octanol–water partition coefficient (Wildman–Crippen LogP) is 3.69. The summed E-state index contributed by atoms with van der Waals surface area (Å²) >= 11 is 0. The van der Waals surface area contributed by atoms with E-state index in [1.807, 2.05) is 45.0 Å². The topological polar surface area (TPSA) is 49.8 Å². The molecule has 126 valence electrons. The van der Waals surface area contributed by atoms with E-state index in [9.17, 15) is 9.67 Å². The molecule has 0 radical (unpaired) electrons. The van der Waals surface area contributed by atoms with Gasteiger partial charge >= 0.3 is 0 Å². The normalized spacial score (nSPS) is 15.9. The summed E-state index contributed by atoms with van der Waals surface area (Å²) in [5.41, 5.74) is 1.02. The van der Waals surface area contributed by atoms with Gasteiger partial charge in [-0.3, -0.25) is 4.57 Å². The molecule has 0 heterocycles. The Labute approximate surface area is 134 Å². The molecule has 0 saturated carbocycles. The molecule has 22 heavy (non-hydrogen) atoms. The van der Waals surface area contributed by atoms with Crippen LogP contribution in [0.25, 0.3) is 0 Å². The average molecular weight is 327 g/mol. The molecule has 0 aromatic heterocycles. The van der Waals surface area contributed by atoms with Gasteiger partial charge in [-0.05, 0) is 42.5 Å². The van der Waals surface area contributed by atoms with E-state index < -0.39 is 13.2 Å². The number of rotatable bonds is 8. The van der Waals surface area contributed by atoms with Gasteiger partial charge in [0.15, 0.2) is 0 Å². The van der Waals surface area contributed by atoms with E-state index in [2.05, 4.69) is 13.8 Å². The van der Waals surface area contributed by atoms with Gasteiger partial charge < -0.3 is 14.5 Å². The lowest BCUT2D eigenvalue weighted by molar-refractivity contribution is 0.169. The number of hydrogen-bond acceptors (Lipinski definition) is 4. The lowest BCUT2D eigenvalue weighted by Crippen LogP contribution is -2.24. The second-order valence-corrected chi connectivity index (χ2v) is 9.18. The van der Waals surface area contributed by atoms with Crippen LogP contribution in [0.4, 0.5) is 5.69 Å². The third-order valence-electron chi connectivity index (χ3n) is 3.65. The summed E-state index contributed by atoms with van der Waals surface area (Å²) in [5, 5.41) is 11.0. The van der Waals surface area contributed by atoms with Crippen molar-refractivity contribution in [2.45, 2.75) is 40.0 Å². The van der Waals surface area contributed by atoms with Crippen LogP contribution in [-0.4, -0.2) is 31.7 Å². The number of aliphatic hydroxyl groups excluding tert-OH is 1. The molecule has 0 bridgehead atoms. The molecular weight excluding hydrogens is 297 g/mol. The zero-order valence-corrected chi connectivity index (χ0v) is 15.5. The molecule has 0 aliphatic carbocycles. The molecule has 1 aromatic carbocycles. The summed E-state index contributed by atoms with van der Waals surface area (Å²) in [7, 11) is 0.622. The van der Waals surface area contributed by atoms with Gasteiger partial charge in [-0.25, -0.2) is 0 Å². The standard InChI is InChI=1S/C17H30NO3P/c1-13(2)11-12-21-22(20,17(19)14(3)4)16-9-7-15(8-10-16)18(5)6/h7-10,13-14,17,19H,11-12H2,1-6H3/t17-,22+/m1/s1. The summed E-state index contributed by atoms with van der Waals surface area (Å²) in [6.45, 7) is 8.31. The Bertz CT molecular complexity index is 497. The highest BCUT2D eigenvalue weighted by molar-refractivity contribution is 7.67. The second-order valence-electron chi connectivity index (χ2n) is 6.68. The Kier molecular flexibility index (Phi) is 7.11. The van der Waals surface area contributed by atoms with E-state index in [-0.39, 0.29) is 5.92 Å². The molecule has 4 nitrogen and oxygen atoms in total. The Morgan fingerprint density at radius 3 is 2.09 bits per heavy atom. The maximum absolute atomic E-state index is 13.3. The van der Waals surface area contributed by atoms with Crippen molar-refractivity contribution in [2.75, 3.05) is 25.6 Å². The van der Waals surface area contributed by atoms with E-state index in [1.54, 1.807) is 12.1 Å². The van der Waals surface area contributed by atoms with Gasteiger partial charge in [0, 0.05) is 25.1 Å². The summed E-state index contributed by atoms with van der Waals surface area (Å²) < 4.78 is 19.1. The van der Waals surface area contributed by atoms with E-state index in [0.29, 0.717) is 17.8 Å². The molecule has 1 rings (SSSR count). The van der Waals surface area contributed by atoms with Crippen molar-refractivity contribution in [1.29, 1.82) is 0 Å². The first-order valence-corrected chi connectivity index (χ1v) is 9.58. The first-order valence-electron chi connectivity index (χ1n) is 7.88. The lowest BCUT2D eigenvalue weighted by atomic mass is 10.2. The first-order chi connectivity index (χ1) is 10.2. The highest BCUT2D eigenvalue weighted by atomic mass is 31.2. The van der Waals surface area contributed by atoms with Gasteiger partial charge in [-0.1, -0.05) is 27.7 Å². The molecule has 2 atom stereocenters. The zero-order valence-electron chi connectivity index (χ0n) is 14.6. The van der Waals surface area contributed by atoms with Crippen molar-refractivity contribution < 1.29 is 14.2 Å². The number of benzene rings is 1. The van der Waals surface area contributed by atoms with Crippen molar-refractivity contribution in [3.8, 4) is 0 Å². The van der Waals surface area contributed by atoms with Crippen molar-refractivity contribution in [3.63, 3.8) is 0 Å². The molecule has 0 fully saturated rings. The third kappa shape index (κ3) is 4.84. The Morgan fingerprint density at radius 1 is 1.14 bits per heavy atom. The molecule has 1 aromatic rings. The van der Waals surface area contributed by atoms with Crippen molar-refractivity contribution in [1.82, 2.24) is 0 Å². The molecular formula is C17H30NO3P. The zero-order chi connectivity index (χ0) is 16.9. The van der Waals surface area contributed by atoms with Crippen molar-refractivity contribution in [3.05, 3.63) is 24.3 Å². The summed E-state index contributed by atoms with van der Waals surface area (Å²) in [6.07, 6.45) is 0.824. The number of hydrogen-bond donors (Lipinski definition) is 1. The third-order valence-corrected chi connectivity index (χ3v) is 6.53. The molecule has 0 saturated heterocycles. The Balaban J connectivity index is 3.06. The second kappa shape index (κ2) is 8.14. The van der Waals surface area contributed by atoms with Crippen molar-refractivity contribution in [2.24, 2.45) is 11.8 Å². The fourth-order valence-corrected chi connectivity index (χ4v) is 4.41. The molecule has 0 unspecified atom stereocenters. The SMILES string of the molecule is CC(C)CCO[P@@](=O)(c1ccc(N(C)C)cc1)[C@@H](O)C(C)C. The van der Waals surface area contributed by atoms with Gasteiger partial charge in [-0.2, -0.15) is 0 Å². The van der Waals surface area contributed by atoms with Crippen LogP contribution >= 0.6 is 7.37 Å². The molecule has 0 aliphatic rings. The monoisotopic (exact) mass is 327 g/mol. The maximum atomic E-state index is 13.3. The molecule has 0 amide bonds. The van der Waals surface area contributed by atoms with Gasteiger partial charge in [0.2, 0.25) is 0 Å². The average Bonchev–Trinajstić information content (AvgIpc) is 2.45. The fourth-order valence-electron chi connectivity index (χ4n) is 2.08. The van der Waals surface area contributed by atoms with Gasteiger partial charge in [0.1, 0.15) is 5.85 Å². The highest BCUT2D eigenvalue weighted by Crippen LogP contribution is 2.52. The van der Waals surface area contributed by atoms with Crippen LogP contribution in [0.1, 0.15) is 34.1 Å². The van der Waals surface area contributed by atoms with Crippen LogP contribution in [-0.2, 0) is 9.09 Å². The quantitative estimate of drug-likeness (QED) is 0.740. The summed E-state index contributed by atoms with van der Waals surface area (Å²) in [4.78, 5) is 1.98. The summed E-state index contributed by atoms with van der Waals surface area (Å²) in [6, 6.07) is 7.41. The predicted molar refractivity (Wildman–Crippen MR) is 94.3 cm³/mol. The Morgan fingerprint density at radius 2 is 1.68 bits per heavy atom. The van der Waals surface area contributed by atoms with Gasteiger partial charge in [0.25, 0.3) is 7.37 Å². The van der Waals surface area contributed by atoms with Gasteiger partial charge in [0.05, 0.1) is 6.61 Å².